The molecule has 41 heavy (non-hydrogen) atoms. The van der Waals surface area contributed by atoms with Crippen molar-refractivity contribution in [3.8, 4) is 28.7 Å². The maximum atomic E-state index is 13.9. The number of hydrogen-bond acceptors (Lipinski definition) is 8. The van der Waals surface area contributed by atoms with Crippen LogP contribution in [-0.2, 0) is 10.5 Å². The zero-order valence-corrected chi connectivity index (χ0v) is 21.7. The van der Waals surface area contributed by atoms with E-state index in [1.807, 2.05) is 22.6 Å². The van der Waals surface area contributed by atoms with Crippen LogP contribution in [0, 0.1) is 11.3 Å². The zero-order chi connectivity index (χ0) is 29.3. The maximum absolute atomic E-state index is 13.9. The number of likely N-dealkylation sites (N-methyl/N-ethyl adjacent to an activating group) is 1. The molecule has 0 amide bonds. The summed E-state index contributed by atoms with van der Waals surface area (Å²) in [5.41, 5.74) is 0.679. The first-order valence-corrected chi connectivity index (χ1v) is 13.2. The summed E-state index contributed by atoms with van der Waals surface area (Å²) in [5.74, 6) is -1.34. The minimum absolute atomic E-state index is 0.0630. The molecule has 10 nitrogen and oxygen atoms in total. The van der Waals surface area contributed by atoms with Crippen molar-refractivity contribution >= 4 is 43.3 Å². The molecule has 210 valence electrons. The van der Waals surface area contributed by atoms with E-state index in [0.717, 1.165) is 24.5 Å². The molecule has 0 spiro atoms. The van der Waals surface area contributed by atoms with Gasteiger partial charge in [0.05, 0.1) is 40.2 Å². The fourth-order valence-electron chi connectivity index (χ4n) is 5.24. The standard InChI is InChI=1S/C26H17F4N5O5S/c1-34-11-15(12-34)35-21-6-18(14-5-16(10-32-9-14)40-41(30,37)38)22(39-26(27,28)29)7-19(21)24(36)23-17-3-2-13(8-31)4-20(17)33-25(23)35/h2-7,9-10,15,33H,11-12H2,1H3. The number of rotatable bonds is 5. The van der Waals surface area contributed by atoms with Crippen molar-refractivity contribution in [2.75, 3.05) is 20.1 Å². The highest BCUT2D eigenvalue weighted by molar-refractivity contribution is 7.81. The Hall–Kier alpha value is -4.68. The van der Waals surface area contributed by atoms with Crippen LogP contribution < -0.4 is 14.3 Å². The van der Waals surface area contributed by atoms with Gasteiger partial charge in [-0.25, -0.2) is 0 Å². The third-order valence-electron chi connectivity index (χ3n) is 6.83. The molecule has 3 aromatic heterocycles. The number of nitrogens with zero attached hydrogens (tertiary/aromatic N) is 4. The fourth-order valence-corrected chi connectivity index (χ4v) is 5.56. The Morgan fingerprint density at radius 2 is 1.88 bits per heavy atom. The van der Waals surface area contributed by atoms with Crippen LogP contribution in [0.15, 0.2) is 53.6 Å². The number of aromatic nitrogens is 3. The van der Waals surface area contributed by atoms with E-state index in [1.54, 1.807) is 18.2 Å². The minimum atomic E-state index is -5.44. The Labute approximate surface area is 228 Å². The van der Waals surface area contributed by atoms with Gasteiger partial charge < -0.3 is 23.4 Å². The summed E-state index contributed by atoms with van der Waals surface area (Å²) >= 11 is 0. The maximum Gasteiger partial charge on any atom is 0.573 e. The summed E-state index contributed by atoms with van der Waals surface area (Å²) in [6.45, 7) is 1.14. The van der Waals surface area contributed by atoms with Crippen LogP contribution in [0.4, 0.5) is 17.1 Å². The van der Waals surface area contributed by atoms with E-state index in [4.69, 9.17) is 0 Å². The van der Waals surface area contributed by atoms with Crippen LogP contribution in [0.1, 0.15) is 11.6 Å². The van der Waals surface area contributed by atoms with E-state index in [9.17, 15) is 35.5 Å². The number of ether oxygens (including phenoxy) is 1. The van der Waals surface area contributed by atoms with E-state index in [-0.39, 0.29) is 33.5 Å². The van der Waals surface area contributed by atoms with Gasteiger partial charge in [0.25, 0.3) is 0 Å². The summed E-state index contributed by atoms with van der Waals surface area (Å²) in [6, 6.07) is 9.86. The fraction of sp³-hybridized carbons (Fsp3) is 0.192. The molecule has 0 aliphatic carbocycles. The van der Waals surface area contributed by atoms with E-state index >= 15 is 0 Å². The van der Waals surface area contributed by atoms with Gasteiger partial charge in [0.2, 0.25) is 0 Å². The number of aromatic amines is 1. The molecule has 1 saturated heterocycles. The quantitative estimate of drug-likeness (QED) is 0.234. The molecule has 5 aromatic rings. The zero-order valence-electron chi connectivity index (χ0n) is 20.9. The van der Waals surface area contributed by atoms with Gasteiger partial charge in [-0.05, 0) is 37.4 Å². The van der Waals surface area contributed by atoms with Gasteiger partial charge in [0.1, 0.15) is 11.4 Å². The molecule has 6 rings (SSSR count). The molecule has 1 aliphatic rings. The Morgan fingerprint density at radius 1 is 1.12 bits per heavy atom. The molecule has 0 unspecified atom stereocenters. The van der Waals surface area contributed by atoms with Crippen molar-refractivity contribution in [2.24, 2.45) is 0 Å². The number of alkyl halides is 3. The molecular weight excluding hydrogens is 570 g/mol. The van der Waals surface area contributed by atoms with Crippen molar-refractivity contribution in [2.45, 2.75) is 12.4 Å². The number of hydrogen-bond donors (Lipinski definition) is 1. The van der Waals surface area contributed by atoms with Crippen LogP contribution in [0.2, 0.25) is 0 Å². The summed E-state index contributed by atoms with van der Waals surface area (Å²) in [5, 5.41) is 10.0. The molecule has 15 heteroatoms. The Kier molecular flexibility index (Phi) is 5.94. The number of likely N-dealkylation sites (tertiary alicyclic amines) is 1. The van der Waals surface area contributed by atoms with E-state index in [1.165, 1.54) is 6.07 Å². The summed E-state index contributed by atoms with van der Waals surface area (Å²) < 4.78 is 86.0. The molecular formula is C26H17F4N5O5S. The molecule has 0 atom stereocenters. The first-order chi connectivity index (χ1) is 19.3. The summed E-state index contributed by atoms with van der Waals surface area (Å²) in [4.78, 5) is 22.8. The molecule has 2 aromatic carbocycles. The Bertz CT molecular complexity index is 2090. The summed E-state index contributed by atoms with van der Waals surface area (Å²) in [7, 11) is -3.55. The topological polar surface area (TPSA) is 130 Å². The molecule has 0 saturated carbocycles. The highest BCUT2D eigenvalue weighted by Gasteiger charge is 2.34. The monoisotopic (exact) mass is 587 g/mol. The lowest BCUT2D eigenvalue weighted by Gasteiger charge is -2.39. The van der Waals surface area contributed by atoms with Crippen LogP contribution in [0.25, 0.3) is 44.0 Å². The first kappa shape index (κ1) is 26.5. The van der Waals surface area contributed by atoms with Crippen molar-refractivity contribution < 1.29 is 34.4 Å². The van der Waals surface area contributed by atoms with Gasteiger partial charge in [0, 0.05) is 41.3 Å². The number of benzene rings is 2. The second-order valence-electron chi connectivity index (χ2n) is 9.59. The predicted molar refractivity (Wildman–Crippen MR) is 139 cm³/mol. The Morgan fingerprint density at radius 3 is 2.54 bits per heavy atom. The third-order valence-corrected chi connectivity index (χ3v) is 7.23. The van der Waals surface area contributed by atoms with Crippen LogP contribution in [-0.4, -0.2) is 54.4 Å². The first-order valence-electron chi connectivity index (χ1n) is 11.9. The van der Waals surface area contributed by atoms with Crippen molar-refractivity contribution in [3.05, 3.63) is 64.6 Å². The lowest BCUT2D eigenvalue weighted by Crippen LogP contribution is -2.45. The highest BCUT2D eigenvalue weighted by atomic mass is 32.3. The lowest BCUT2D eigenvalue weighted by molar-refractivity contribution is -0.274. The van der Waals surface area contributed by atoms with Gasteiger partial charge in [-0.1, -0.05) is 9.95 Å². The third kappa shape index (κ3) is 4.81. The molecule has 1 N–H and O–H groups in total. The van der Waals surface area contributed by atoms with Gasteiger partial charge in [-0.15, -0.1) is 13.2 Å². The number of nitriles is 1. The smallest absolute Gasteiger partial charge is 0.405 e. The Balaban J connectivity index is 1.70. The SMILES string of the molecule is CN1CC(n2c3cc(-c4cncc(OS(=O)(=O)F)c4)c(OC(F)(F)F)cc3c(=O)c3c4ccc(C#N)cc4[nH]c32)C1. The molecule has 4 heterocycles. The van der Waals surface area contributed by atoms with Crippen LogP contribution >= 0.6 is 0 Å². The average Bonchev–Trinajstić information content (AvgIpc) is 3.24. The second-order valence-corrected chi connectivity index (χ2v) is 10.5. The van der Waals surface area contributed by atoms with E-state index in [0.29, 0.717) is 35.2 Å². The largest absolute Gasteiger partial charge is 0.573 e. The van der Waals surface area contributed by atoms with Crippen molar-refractivity contribution in [1.82, 2.24) is 19.4 Å². The average molecular weight is 588 g/mol. The molecule has 1 fully saturated rings. The predicted octanol–water partition coefficient (Wildman–Crippen LogP) is 4.55. The number of pyridine rings is 2. The number of fused-ring (bicyclic) bond motifs is 4. The lowest BCUT2D eigenvalue weighted by atomic mass is 10.00. The molecule has 0 bridgehead atoms. The summed E-state index contributed by atoms with van der Waals surface area (Å²) in [6.07, 6.45) is -3.16. The van der Waals surface area contributed by atoms with Gasteiger partial charge in [-0.2, -0.15) is 13.7 Å². The van der Waals surface area contributed by atoms with Gasteiger partial charge in [-0.3, -0.25) is 9.78 Å². The van der Waals surface area contributed by atoms with Crippen molar-refractivity contribution in [3.63, 3.8) is 0 Å². The normalized spacial score (nSPS) is 14.8. The number of nitrogens with one attached hydrogen (secondary N) is 1. The minimum Gasteiger partial charge on any atom is -0.405 e. The molecule has 1 aliphatic heterocycles. The molecule has 0 radical (unpaired) electrons. The second kappa shape index (κ2) is 9.18. The van der Waals surface area contributed by atoms with Crippen LogP contribution in [0.3, 0.4) is 0 Å². The van der Waals surface area contributed by atoms with Crippen LogP contribution in [0.5, 0.6) is 11.5 Å². The van der Waals surface area contributed by atoms with E-state index < -0.39 is 33.8 Å². The number of H-pyrrole nitrogens is 1. The van der Waals surface area contributed by atoms with Gasteiger partial charge in [0.15, 0.2) is 11.2 Å². The van der Waals surface area contributed by atoms with Crippen molar-refractivity contribution in [1.29, 1.82) is 5.26 Å². The van der Waals surface area contributed by atoms with Gasteiger partial charge >= 0.3 is 16.9 Å². The number of halogens is 4. The van der Waals surface area contributed by atoms with E-state index in [2.05, 4.69) is 18.9 Å². The highest BCUT2D eigenvalue weighted by Crippen LogP contribution is 2.40.